The molecule has 3 rings (SSSR count). The maximum Gasteiger partial charge on any atom is 0.335 e. The minimum Gasteiger partial charge on any atom is -0.276 e. The number of nitro groups is 1. The van der Waals surface area contributed by atoms with Gasteiger partial charge < -0.3 is 0 Å². The molecule has 2 N–H and O–H groups in total. The first-order valence-corrected chi connectivity index (χ1v) is 9.09. The second-order valence-electron chi connectivity index (χ2n) is 5.95. The van der Waals surface area contributed by atoms with Crippen LogP contribution < -0.4 is 15.6 Å². The molecule has 1 heterocycles. The van der Waals surface area contributed by atoms with Crippen LogP contribution in [0.2, 0.25) is 0 Å². The molecule has 1 aliphatic rings. The number of carbonyl (C=O) groups is 4. The molecule has 0 saturated carbocycles. The highest BCUT2D eigenvalue weighted by atomic mass is 79.9. The monoisotopic (exact) mass is 473 g/mol. The molecular weight excluding hydrogens is 462 g/mol. The molecule has 2 aromatic rings. The Morgan fingerprint density at radius 1 is 1.13 bits per heavy atom. The minimum atomic E-state index is -1.44. The van der Waals surface area contributed by atoms with E-state index in [0.717, 1.165) is 27.7 Å². The Kier molecular flexibility index (Phi) is 5.97. The number of hydrogen-bond acceptors (Lipinski definition) is 7. The molecule has 5 amide bonds. The number of hydrazone groups is 1. The summed E-state index contributed by atoms with van der Waals surface area (Å²) < 4.78 is 0.735. The van der Waals surface area contributed by atoms with Gasteiger partial charge >= 0.3 is 6.03 Å². The molecular formula is C18H12BrN5O6. The molecule has 152 valence electrons. The highest BCUT2D eigenvalue weighted by Gasteiger charge is 2.40. The molecule has 0 aromatic heterocycles. The van der Waals surface area contributed by atoms with Gasteiger partial charge in [0.1, 0.15) is 0 Å². The second kappa shape index (κ2) is 8.61. The van der Waals surface area contributed by atoms with Gasteiger partial charge in [-0.3, -0.25) is 29.8 Å². The lowest BCUT2D eigenvalue weighted by Crippen LogP contribution is -2.58. The smallest absolute Gasteiger partial charge is 0.276 e. The maximum absolute atomic E-state index is 12.6. The standard InChI is InChI=1S/C18H12BrN5O6/c19-11-3-7-12(8-4-11)23-17(27)14(16(26)21-18(23)28)9-20-22-15(25)10-1-5-13(6-2-10)24(29)30/h1-9,14H,(H,22,25)(H,21,26,28)/b20-9-/t14-/m1/s1. The number of nitrogens with zero attached hydrogens (tertiary/aromatic N) is 3. The molecule has 0 spiro atoms. The molecule has 0 unspecified atom stereocenters. The molecule has 1 atom stereocenters. The van der Waals surface area contributed by atoms with E-state index in [1.165, 1.54) is 24.3 Å². The molecule has 1 fully saturated rings. The molecule has 1 aliphatic heterocycles. The van der Waals surface area contributed by atoms with Crippen molar-refractivity contribution < 1.29 is 24.1 Å². The van der Waals surface area contributed by atoms with Crippen LogP contribution in [0.1, 0.15) is 10.4 Å². The van der Waals surface area contributed by atoms with Crippen LogP contribution >= 0.6 is 15.9 Å². The Balaban J connectivity index is 1.71. The maximum atomic E-state index is 12.6. The number of amides is 5. The van der Waals surface area contributed by atoms with Gasteiger partial charge in [0.15, 0.2) is 5.92 Å². The number of nitrogens with one attached hydrogen (secondary N) is 2. The number of benzene rings is 2. The summed E-state index contributed by atoms with van der Waals surface area (Å²) in [6, 6.07) is 10.2. The molecule has 12 heteroatoms. The third-order valence-electron chi connectivity index (χ3n) is 4.02. The van der Waals surface area contributed by atoms with Crippen LogP contribution in [0, 0.1) is 16.0 Å². The van der Waals surface area contributed by atoms with Crippen molar-refractivity contribution in [3.8, 4) is 0 Å². The highest BCUT2D eigenvalue weighted by Crippen LogP contribution is 2.22. The number of non-ortho nitro benzene ring substituents is 1. The fourth-order valence-electron chi connectivity index (χ4n) is 2.53. The quantitative estimate of drug-likeness (QED) is 0.293. The number of nitro benzene ring substituents is 1. The topological polar surface area (TPSA) is 151 Å². The zero-order valence-corrected chi connectivity index (χ0v) is 16.5. The lowest BCUT2D eigenvalue weighted by atomic mass is 10.1. The van der Waals surface area contributed by atoms with Crippen molar-refractivity contribution in [2.24, 2.45) is 11.0 Å². The van der Waals surface area contributed by atoms with E-state index in [0.29, 0.717) is 0 Å². The summed E-state index contributed by atoms with van der Waals surface area (Å²) in [4.78, 5) is 59.7. The van der Waals surface area contributed by atoms with Crippen LogP contribution in [0.3, 0.4) is 0 Å². The van der Waals surface area contributed by atoms with Crippen molar-refractivity contribution in [1.29, 1.82) is 0 Å². The van der Waals surface area contributed by atoms with Gasteiger partial charge in [0.05, 0.1) is 10.6 Å². The van der Waals surface area contributed by atoms with Gasteiger partial charge in [0.25, 0.3) is 17.5 Å². The average Bonchev–Trinajstić information content (AvgIpc) is 2.71. The van der Waals surface area contributed by atoms with E-state index in [1.807, 2.05) is 0 Å². The van der Waals surface area contributed by atoms with E-state index >= 15 is 0 Å². The van der Waals surface area contributed by atoms with Gasteiger partial charge in [0.2, 0.25) is 5.91 Å². The fourth-order valence-corrected chi connectivity index (χ4v) is 2.79. The SMILES string of the molecule is O=C(N/N=C\[C@@H]1C(=O)NC(=O)N(c2ccc(Br)cc2)C1=O)c1ccc([N+](=O)[O-])cc1. The van der Waals surface area contributed by atoms with Crippen LogP contribution in [0.5, 0.6) is 0 Å². The highest BCUT2D eigenvalue weighted by molar-refractivity contribution is 9.10. The van der Waals surface area contributed by atoms with E-state index in [9.17, 15) is 29.3 Å². The Morgan fingerprint density at radius 2 is 1.77 bits per heavy atom. The summed E-state index contributed by atoms with van der Waals surface area (Å²) in [6.45, 7) is 0. The van der Waals surface area contributed by atoms with Crippen molar-refractivity contribution in [1.82, 2.24) is 10.7 Å². The van der Waals surface area contributed by atoms with Gasteiger partial charge in [-0.1, -0.05) is 15.9 Å². The van der Waals surface area contributed by atoms with Gasteiger partial charge in [-0.05, 0) is 36.4 Å². The van der Waals surface area contributed by atoms with Crippen LogP contribution in [0.15, 0.2) is 58.1 Å². The van der Waals surface area contributed by atoms with Crippen LogP contribution in [0.4, 0.5) is 16.2 Å². The Labute approximate surface area is 177 Å². The molecule has 0 aliphatic carbocycles. The third-order valence-corrected chi connectivity index (χ3v) is 4.55. The zero-order valence-electron chi connectivity index (χ0n) is 14.9. The second-order valence-corrected chi connectivity index (χ2v) is 6.86. The molecule has 0 radical (unpaired) electrons. The van der Waals surface area contributed by atoms with E-state index in [1.54, 1.807) is 12.1 Å². The molecule has 0 bridgehead atoms. The normalized spacial score (nSPS) is 16.5. The summed E-state index contributed by atoms with van der Waals surface area (Å²) in [5, 5.41) is 16.3. The number of anilines is 1. The number of barbiturate groups is 1. The van der Waals surface area contributed by atoms with E-state index < -0.39 is 34.6 Å². The van der Waals surface area contributed by atoms with Gasteiger partial charge in [-0.2, -0.15) is 5.10 Å². The first kappa shape index (κ1) is 20.8. The van der Waals surface area contributed by atoms with Crippen molar-refractivity contribution in [2.75, 3.05) is 4.90 Å². The van der Waals surface area contributed by atoms with Crippen LogP contribution in [-0.4, -0.2) is 34.9 Å². The van der Waals surface area contributed by atoms with E-state index in [2.05, 4.69) is 31.8 Å². The minimum absolute atomic E-state index is 0.0869. The lowest BCUT2D eigenvalue weighted by Gasteiger charge is -2.28. The Bertz CT molecular complexity index is 1070. The average molecular weight is 474 g/mol. The summed E-state index contributed by atoms with van der Waals surface area (Å²) >= 11 is 3.25. The number of rotatable bonds is 5. The zero-order chi connectivity index (χ0) is 21.8. The lowest BCUT2D eigenvalue weighted by molar-refractivity contribution is -0.384. The summed E-state index contributed by atoms with van der Waals surface area (Å²) in [5.74, 6) is -3.86. The number of carbonyl (C=O) groups excluding carboxylic acids is 4. The van der Waals surface area contributed by atoms with Crippen LogP contribution in [0.25, 0.3) is 0 Å². The number of hydrogen-bond donors (Lipinski definition) is 2. The largest absolute Gasteiger partial charge is 0.335 e. The summed E-state index contributed by atoms with van der Waals surface area (Å²) in [7, 11) is 0. The Hall–Kier alpha value is -3.93. The Morgan fingerprint density at radius 3 is 2.37 bits per heavy atom. The fraction of sp³-hybridized carbons (Fsp3) is 0.0556. The van der Waals surface area contributed by atoms with Gasteiger partial charge in [-0.25, -0.2) is 15.1 Å². The first-order chi connectivity index (χ1) is 14.3. The molecule has 11 nitrogen and oxygen atoms in total. The van der Waals surface area contributed by atoms with E-state index in [4.69, 9.17) is 0 Å². The summed E-state index contributed by atoms with van der Waals surface area (Å²) in [5.41, 5.74) is 2.28. The van der Waals surface area contributed by atoms with E-state index in [-0.39, 0.29) is 16.9 Å². The first-order valence-electron chi connectivity index (χ1n) is 8.30. The van der Waals surface area contributed by atoms with Crippen molar-refractivity contribution >= 4 is 57.3 Å². The third kappa shape index (κ3) is 4.38. The number of imide groups is 2. The predicted octanol–water partition coefficient (Wildman–Crippen LogP) is 1.97. The number of urea groups is 1. The van der Waals surface area contributed by atoms with Crippen molar-refractivity contribution in [3.05, 3.63) is 68.7 Å². The predicted molar refractivity (Wildman–Crippen MR) is 108 cm³/mol. The summed E-state index contributed by atoms with van der Waals surface area (Å²) in [6.07, 6.45) is 0.902. The molecule has 30 heavy (non-hydrogen) atoms. The van der Waals surface area contributed by atoms with Gasteiger partial charge in [0, 0.05) is 28.4 Å². The van der Waals surface area contributed by atoms with Crippen LogP contribution in [-0.2, 0) is 9.59 Å². The van der Waals surface area contributed by atoms with Gasteiger partial charge in [-0.15, -0.1) is 0 Å². The molecule has 2 aromatic carbocycles. The van der Waals surface area contributed by atoms with Crippen molar-refractivity contribution in [3.63, 3.8) is 0 Å². The number of halogens is 1. The molecule has 1 saturated heterocycles. The van der Waals surface area contributed by atoms with Crippen molar-refractivity contribution in [2.45, 2.75) is 0 Å².